The summed E-state index contributed by atoms with van der Waals surface area (Å²) in [5.41, 5.74) is 0.254. The quantitative estimate of drug-likeness (QED) is 0.860. The fourth-order valence-corrected chi connectivity index (χ4v) is 4.54. The van der Waals surface area contributed by atoms with Crippen molar-refractivity contribution >= 4 is 0 Å². The summed E-state index contributed by atoms with van der Waals surface area (Å²) in [5.74, 6) is 0.909. The lowest BCUT2D eigenvalue weighted by atomic mass is 9.78. The molecule has 1 aliphatic carbocycles. The van der Waals surface area contributed by atoms with E-state index in [-0.39, 0.29) is 5.60 Å². The van der Waals surface area contributed by atoms with Crippen molar-refractivity contribution in [1.82, 2.24) is 10.2 Å². The van der Waals surface area contributed by atoms with Gasteiger partial charge in [-0.1, -0.05) is 19.3 Å². The van der Waals surface area contributed by atoms with Gasteiger partial charge in [-0.3, -0.25) is 0 Å². The van der Waals surface area contributed by atoms with Crippen LogP contribution in [0.3, 0.4) is 0 Å². The third kappa shape index (κ3) is 3.55. The fraction of sp³-hybridized carbons (Fsp3) is 1.00. The molecule has 0 amide bonds. The van der Waals surface area contributed by atoms with Gasteiger partial charge >= 0.3 is 0 Å². The highest BCUT2D eigenvalue weighted by Gasteiger charge is 2.39. The summed E-state index contributed by atoms with van der Waals surface area (Å²) < 4.78 is 6.24. The molecule has 1 saturated carbocycles. The van der Waals surface area contributed by atoms with Crippen LogP contribution in [-0.4, -0.2) is 49.8 Å². The maximum atomic E-state index is 6.24. The van der Waals surface area contributed by atoms with Gasteiger partial charge in [0.1, 0.15) is 0 Å². The third-order valence-corrected chi connectivity index (χ3v) is 5.86. The van der Waals surface area contributed by atoms with Crippen molar-refractivity contribution in [3.8, 4) is 0 Å². The van der Waals surface area contributed by atoms with Crippen molar-refractivity contribution in [2.75, 3.05) is 33.3 Å². The summed E-state index contributed by atoms with van der Waals surface area (Å²) >= 11 is 0. The Morgan fingerprint density at radius 1 is 1.10 bits per heavy atom. The number of nitrogens with zero attached hydrogens (tertiary/aromatic N) is 1. The number of hydrogen-bond donors (Lipinski definition) is 1. The summed E-state index contributed by atoms with van der Waals surface area (Å²) in [6.45, 7) is 4.72. The second kappa shape index (κ2) is 6.76. The van der Waals surface area contributed by atoms with Gasteiger partial charge in [-0.2, -0.15) is 0 Å². The third-order valence-electron chi connectivity index (χ3n) is 5.86. The number of hydrogen-bond acceptors (Lipinski definition) is 3. The van der Waals surface area contributed by atoms with E-state index in [1.165, 1.54) is 77.4 Å². The van der Waals surface area contributed by atoms with E-state index in [1.54, 1.807) is 0 Å². The van der Waals surface area contributed by atoms with Gasteiger partial charge in [-0.15, -0.1) is 0 Å². The van der Waals surface area contributed by atoms with E-state index in [9.17, 15) is 0 Å². The minimum absolute atomic E-state index is 0.254. The van der Waals surface area contributed by atoms with E-state index in [2.05, 4.69) is 17.3 Å². The SMILES string of the molecule is CN(CC1CCNCC1)C1CCOC2(CCCCC2)C1. The van der Waals surface area contributed by atoms with Crippen LogP contribution in [0.4, 0.5) is 0 Å². The summed E-state index contributed by atoms with van der Waals surface area (Å²) in [5, 5.41) is 3.48. The second-order valence-electron chi connectivity index (χ2n) is 7.37. The first-order valence-electron chi connectivity index (χ1n) is 8.82. The van der Waals surface area contributed by atoms with Crippen LogP contribution in [0.15, 0.2) is 0 Å². The van der Waals surface area contributed by atoms with Crippen LogP contribution in [0.5, 0.6) is 0 Å². The summed E-state index contributed by atoms with van der Waals surface area (Å²) in [7, 11) is 2.36. The van der Waals surface area contributed by atoms with Crippen LogP contribution in [0, 0.1) is 5.92 Å². The molecule has 3 fully saturated rings. The van der Waals surface area contributed by atoms with Crippen molar-refractivity contribution in [1.29, 1.82) is 0 Å². The average molecular weight is 280 g/mol. The molecular formula is C17H32N2O. The zero-order valence-electron chi connectivity index (χ0n) is 13.2. The van der Waals surface area contributed by atoms with Crippen LogP contribution < -0.4 is 5.32 Å². The molecule has 2 heterocycles. The van der Waals surface area contributed by atoms with Gasteiger partial charge in [-0.25, -0.2) is 0 Å². The predicted octanol–water partition coefficient (Wildman–Crippen LogP) is 2.80. The molecule has 3 aliphatic rings. The van der Waals surface area contributed by atoms with Crippen molar-refractivity contribution < 1.29 is 4.74 Å². The van der Waals surface area contributed by atoms with Gasteiger partial charge in [0.05, 0.1) is 5.60 Å². The Labute approximate surface area is 124 Å². The Hall–Kier alpha value is -0.120. The average Bonchev–Trinajstić information content (AvgIpc) is 2.49. The van der Waals surface area contributed by atoms with Gasteiger partial charge < -0.3 is 15.0 Å². The van der Waals surface area contributed by atoms with Crippen LogP contribution in [-0.2, 0) is 4.74 Å². The first-order chi connectivity index (χ1) is 9.77. The van der Waals surface area contributed by atoms with Crippen molar-refractivity contribution in [2.45, 2.75) is 69.4 Å². The highest BCUT2D eigenvalue weighted by molar-refractivity contribution is 4.92. The van der Waals surface area contributed by atoms with Crippen molar-refractivity contribution in [2.24, 2.45) is 5.92 Å². The molecule has 1 atom stereocenters. The van der Waals surface area contributed by atoms with E-state index in [0.717, 1.165) is 18.6 Å². The fourth-order valence-electron chi connectivity index (χ4n) is 4.54. The molecule has 2 saturated heterocycles. The molecule has 1 spiro atoms. The number of piperidine rings is 1. The van der Waals surface area contributed by atoms with Crippen LogP contribution in [0.2, 0.25) is 0 Å². The largest absolute Gasteiger partial charge is 0.375 e. The Morgan fingerprint density at radius 3 is 2.60 bits per heavy atom. The highest BCUT2D eigenvalue weighted by Crippen LogP contribution is 2.39. The van der Waals surface area contributed by atoms with E-state index < -0.39 is 0 Å². The molecule has 3 heteroatoms. The Kier molecular flexibility index (Phi) is 5.00. The lowest BCUT2D eigenvalue weighted by Gasteiger charge is -2.46. The Morgan fingerprint density at radius 2 is 1.85 bits per heavy atom. The van der Waals surface area contributed by atoms with E-state index in [1.807, 2.05) is 0 Å². The van der Waals surface area contributed by atoms with Crippen LogP contribution in [0.25, 0.3) is 0 Å². The van der Waals surface area contributed by atoms with E-state index in [0.29, 0.717) is 0 Å². The molecular weight excluding hydrogens is 248 g/mol. The molecule has 2 aliphatic heterocycles. The topological polar surface area (TPSA) is 24.5 Å². The molecule has 1 unspecified atom stereocenters. The van der Waals surface area contributed by atoms with E-state index >= 15 is 0 Å². The lowest BCUT2D eigenvalue weighted by molar-refractivity contribution is -0.123. The molecule has 0 bridgehead atoms. The Bertz CT molecular complexity index is 290. The molecule has 0 aromatic rings. The Balaban J connectivity index is 1.52. The van der Waals surface area contributed by atoms with E-state index in [4.69, 9.17) is 4.74 Å². The molecule has 0 aromatic heterocycles. The maximum Gasteiger partial charge on any atom is 0.0697 e. The van der Waals surface area contributed by atoms with Crippen molar-refractivity contribution in [3.05, 3.63) is 0 Å². The van der Waals surface area contributed by atoms with Crippen LogP contribution >= 0.6 is 0 Å². The number of rotatable bonds is 3. The minimum Gasteiger partial charge on any atom is -0.375 e. The van der Waals surface area contributed by atoms with Gasteiger partial charge in [0.15, 0.2) is 0 Å². The molecule has 116 valence electrons. The summed E-state index contributed by atoms with van der Waals surface area (Å²) in [6, 6.07) is 0.761. The lowest BCUT2D eigenvalue weighted by Crippen LogP contribution is -2.49. The summed E-state index contributed by atoms with van der Waals surface area (Å²) in [6.07, 6.45) is 12.0. The first kappa shape index (κ1) is 14.8. The monoisotopic (exact) mass is 280 g/mol. The molecule has 3 nitrogen and oxygen atoms in total. The number of nitrogens with one attached hydrogen (secondary N) is 1. The maximum absolute atomic E-state index is 6.24. The van der Waals surface area contributed by atoms with Gasteiger partial charge in [0.2, 0.25) is 0 Å². The zero-order chi connectivity index (χ0) is 13.8. The van der Waals surface area contributed by atoms with Gasteiger partial charge in [-0.05, 0) is 64.6 Å². The second-order valence-corrected chi connectivity index (χ2v) is 7.37. The molecule has 3 rings (SSSR count). The van der Waals surface area contributed by atoms with Gasteiger partial charge in [0, 0.05) is 19.2 Å². The molecule has 0 radical (unpaired) electrons. The minimum atomic E-state index is 0.254. The normalized spacial score (nSPS) is 31.8. The summed E-state index contributed by atoms with van der Waals surface area (Å²) in [4.78, 5) is 2.66. The number of ether oxygens (including phenoxy) is 1. The molecule has 1 N–H and O–H groups in total. The zero-order valence-corrected chi connectivity index (χ0v) is 13.2. The van der Waals surface area contributed by atoms with Crippen molar-refractivity contribution in [3.63, 3.8) is 0 Å². The standard InChI is InChI=1S/C17H32N2O/c1-19(14-15-5-10-18-11-6-15)16-7-12-20-17(13-16)8-3-2-4-9-17/h15-16,18H,2-14H2,1H3. The molecule has 20 heavy (non-hydrogen) atoms. The van der Waals surface area contributed by atoms with Gasteiger partial charge in [0.25, 0.3) is 0 Å². The van der Waals surface area contributed by atoms with Crippen LogP contribution in [0.1, 0.15) is 57.8 Å². The first-order valence-corrected chi connectivity index (χ1v) is 8.82. The smallest absolute Gasteiger partial charge is 0.0697 e. The molecule has 0 aromatic carbocycles. The highest BCUT2D eigenvalue weighted by atomic mass is 16.5. The predicted molar refractivity (Wildman–Crippen MR) is 83.0 cm³/mol.